The Labute approximate surface area is 140 Å². The molecule has 0 aliphatic rings. The molecule has 0 saturated carbocycles. The van der Waals surface area contributed by atoms with E-state index in [1.807, 2.05) is 31.3 Å². The van der Waals surface area contributed by atoms with Crippen molar-refractivity contribution in [3.63, 3.8) is 0 Å². The highest BCUT2D eigenvalue weighted by molar-refractivity contribution is 7.18. The first-order valence-electron chi connectivity index (χ1n) is 7.76. The van der Waals surface area contributed by atoms with E-state index in [2.05, 4.69) is 36.2 Å². The Balaban J connectivity index is 1.58. The van der Waals surface area contributed by atoms with Crippen molar-refractivity contribution >= 4 is 27.5 Å². The van der Waals surface area contributed by atoms with Crippen LogP contribution in [-0.2, 0) is 17.8 Å². The van der Waals surface area contributed by atoms with Gasteiger partial charge in [0.05, 0.1) is 16.8 Å². The lowest BCUT2D eigenvalue weighted by Gasteiger charge is -2.15. The lowest BCUT2D eigenvalue weighted by molar-refractivity contribution is -0.130. The monoisotopic (exact) mass is 324 g/mol. The summed E-state index contributed by atoms with van der Waals surface area (Å²) >= 11 is 1.65. The summed E-state index contributed by atoms with van der Waals surface area (Å²) in [5.41, 5.74) is 3.46. The standard InChI is InChI=1S/C19H20N2OS/c1-14-6-5-7-15(12-14)10-11-19(22)21(2)13-18-20-16-8-3-4-9-17(16)23-18/h3-9,12H,10-11,13H2,1-2H3. The Morgan fingerprint density at radius 1 is 1.17 bits per heavy atom. The average Bonchev–Trinajstić information content (AvgIpc) is 2.94. The highest BCUT2D eigenvalue weighted by Crippen LogP contribution is 2.22. The summed E-state index contributed by atoms with van der Waals surface area (Å²) < 4.78 is 1.17. The maximum absolute atomic E-state index is 12.3. The van der Waals surface area contributed by atoms with Gasteiger partial charge in [-0.1, -0.05) is 42.0 Å². The van der Waals surface area contributed by atoms with Crippen molar-refractivity contribution in [1.29, 1.82) is 0 Å². The van der Waals surface area contributed by atoms with Gasteiger partial charge in [-0.05, 0) is 31.0 Å². The third kappa shape index (κ3) is 3.96. The van der Waals surface area contributed by atoms with Gasteiger partial charge in [-0.15, -0.1) is 11.3 Å². The number of carbonyl (C=O) groups excluding carboxylic acids is 1. The summed E-state index contributed by atoms with van der Waals surface area (Å²) in [6.45, 7) is 2.65. The average molecular weight is 324 g/mol. The largest absolute Gasteiger partial charge is 0.339 e. The highest BCUT2D eigenvalue weighted by Gasteiger charge is 2.12. The minimum absolute atomic E-state index is 0.158. The number of aryl methyl sites for hydroxylation is 2. The van der Waals surface area contributed by atoms with E-state index in [0.29, 0.717) is 13.0 Å². The van der Waals surface area contributed by atoms with Gasteiger partial charge in [-0.2, -0.15) is 0 Å². The number of thiazole rings is 1. The number of hydrogen-bond acceptors (Lipinski definition) is 3. The van der Waals surface area contributed by atoms with E-state index in [1.165, 1.54) is 15.8 Å². The quantitative estimate of drug-likeness (QED) is 0.705. The van der Waals surface area contributed by atoms with Gasteiger partial charge in [-0.3, -0.25) is 4.79 Å². The zero-order valence-corrected chi connectivity index (χ0v) is 14.3. The fraction of sp³-hybridized carbons (Fsp3) is 0.263. The van der Waals surface area contributed by atoms with E-state index in [-0.39, 0.29) is 5.91 Å². The second kappa shape index (κ2) is 6.92. The number of amides is 1. The maximum Gasteiger partial charge on any atom is 0.223 e. The van der Waals surface area contributed by atoms with E-state index in [9.17, 15) is 4.79 Å². The number of nitrogens with zero attached hydrogens (tertiary/aromatic N) is 2. The van der Waals surface area contributed by atoms with Crippen LogP contribution in [0.5, 0.6) is 0 Å². The van der Waals surface area contributed by atoms with Crippen LogP contribution in [0, 0.1) is 6.92 Å². The van der Waals surface area contributed by atoms with E-state index >= 15 is 0 Å². The van der Waals surface area contributed by atoms with Crippen molar-refractivity contribution < 1.29 is 4.79 Å². The van der Waals surface area contributed by atoms with Crippen LogP contribution in [-0.4, -0.2) is 22.8 Å². The molecule has 0 saturated heterocycles. The Bertz CT molecular complexity index is 792. The molecule has 1 amide bonds. The van der Waals surface area contributed by atoms with E-state index in [1.54, 1.807) is 16.2 Å². The number of para-hydroxylation sites is 1. The van der Waals surface area contributed by atoms with Crippen LogP contribution >= 0.6 is 11.3 Å². The summed E-state index contributed by atoms with van der Waals surface area (Å²) in [7, 11) is 1.85. The van der Waals surface area contributed by atoms with Gasteiger partial charge in [0.15, 0.2) is 0 Å². The zero-order chi connectivity index (χ0) is 16.2. The highest BCUT2D eigenvalue weighted by atomic mass is 32.1. The Hall–Kier alpha value is -2.20. The third-order valence-corrected chi connectivity index (χ3v) is 4.87. The van der Waals surface area contributed by atoms with Crippen LogP contribution in [0.3, 0.4) is 0 Å². The summed E-state index contributed by atoms with van der Waals surface area (Å²) in [5, 5.41) is 0.984. The first kappa shape index (κ1) is 15.7. The van der Waals surface area contributed by atoms with Crippen LogP contribution < -0.4 is 0 Å². The van der Waals surface area contributed by atoms with Crippen LogP contribution in [0.1, 0.15) is 22.6 Å². The molecule has 1 heterocycles. The number of carbonyl (C=O) groups is 1. The van der Waals surface area contributed by atoms with Crippen molar-refractivity contribution in [2.24, 2.45) is 0 Å². The zero-order valence-electron chi connectivity index (χ0n) is 13.5. The molecule has 2 aromatic carbocycles. The molecule has 3 nitrogen and oxygen atoms in total. The normalized spacial score (nSPS) is 10.9. The topological polar surface area (TPSA) is 33.2 Å². The van der Waals surface area contributed by atoms with Gasteiger partial charge >= 0.3 is 0 Å². The smallest absolute Gasteiger partial charge is 0.223 e. The molecular weight excluding hydrogens is 304 g/mol. The first-order valence-corrected chi connectivity index (χ1v) is 8.57. The van der Waals surface area contributed by atoms with Crippen molar-refractivity contribution in [2.75, 3.05) is 7.05 Å². The molecule has 118 valence electrons. The van der Waals surface area contributed by atoms with Crippen molar-refractivity contribution in [3.8, 4) is 0 Å². The molecule has 1 aromatic heterocycles. The van der Waals surface area contributed by atoms with E-state index < -0.39 is 0 Å². The fourth-order valence-corrected chi connectivity index (χ4v) is 3.61. The van der Waals surface area contributed by atoms with Crippen LogP contribution in [0.15, 0.2) is 48.5 Å². The number of benzene rings is 2. The molecule has 0 spiro atoms. The van der Waals surface area contributed by atoms with Gasteiger partial charge in [0.2, 0.25) is 5.91 Å². The van der Waals surface area contributed by atoms with Crippen LogP contribution in [0.25, 0.3) is 10.2 Å². The Morgan fingerprint density at radius 3 is 2.78 bits per heavy atom. The van der Waals surface area contributed by atoms with Gasteiger partial charge in [-0.25, -0.2) is 4.98 Å². The number of aromatic nitrogens is 1. The molecule has 23 heavy (non-hydrogen) atoms. The molecule has 0 radical (unpaired) electrons. The molecule has 4 heteroatoms. The SMILES string of the molecule is Cc1cccc(CCC(=O)N(C)Cc2nc3ccccc3s2)c1. The summed E-state index contributed by atoms with van der Waals surface area (Å²) in [5.74, 6) is 0.158. The number of fused-ring (bicyclic) bond motifs is 1. The number of rotatable bonds is 5. The van der Waals surface area contributed by atoms with Crippen LogP contribution in [0.4, 0.5) is 0 Å². The minimum Gasteiger partial charge on any atom is -0.339 e. The van der Waals surface area contributed by atoms with Gasteiger partial charge in [0.1, 0.15) is 5.01 Å². The molecule has 0 N–H and O–H groups in total. The van der Waals surface area contributed by atoms with E-state index in [4.69, 9.17) is 0 Å². The summed E-state index contributed by atoms with van der Waals surface area (Å²) in [6, 6.07) is 16.4. The van der Waals surface area contributed by atoms with Gasteiger partial charge in [0.25, 0.3) is 0 Å². The molecule has 0 bridgehead atoms. The molecule has 0 aliphatic carbocycles. The second-order valence-corrected chi connectivity index (χ2v) is 6.93. The second-order valence-electron chi connectivity index (χ2n) is 5.81. The molecule has 3 aromatic rings. The van der Waals surface area contributed by atoms with Crippen molar-refractivity contribution in [3.05, 3.63) is 64.7 Å². The Kier molecular flexibility index (Phi) is 4.72. The predicted octanol–water partition coefficient (Wildman–Crippen LogP) is 4.20. The fourth-order valence-electron chi connectivity index (χ4n) is 2.59. The maximum atomic E-state index is 12.3. The third-order valence-electron chi connectivity index (χ3n) is 3.85. The summed E-state index contributed by atoms with van der Waals surface area (Å²) in [4.78, 5) is 18.7. The molecule has 0 atom stereocenters. The number of hydrogen-bond donors (Lipinski definition) is 0. The Morgan fingerprint density at radius 2 is 2.00 bits per heavy atom. The van der Waals surface area contributed by atoms with Gasteiger partial charge in [0, 0.05) is 13.5 Å². The van der Waals surface area contributed by atoms with Crippen molar-refractivity contribution in [2.45, 2.75) is 26.3 Å². The van der Waals surface area contributed by atoms with Crippen molar-refractivity contribution in [1.82, 2.24) is 9.88 Å². The van der Waals surface area contributed by atoms with Gasteiger partial charge < -0.3 is 4.90 Å². The molecule has 0 aliphatic heterocycles. The molecule has 0 fully saturated rings. The molecular formula is C19H20N2OS. The van der Waals surface area contributed by atoms with Crippen LogP contribution in [0.2, 0.25) is 0 Å². The first-order chi connectivity index (χ1) is 11.1. The predicted molar refractivity (Wildman–Crippen MR) is 95.6 cm³/mol. The lowest BCUT2D eigenvalue weighted by Crippen LogP contribution is -2.26. The van der Waals surface area contributed by atoms with E-state index in [0.717, 1.165) is 16.9 Å². The lowest BCUT2D eigenvalue weighted by atomic mass is 10.1. The molecule has 3 rings (SSSR count). The summed E-state index contributed by atoms with van der Waals surface area (Å²) in [6.07, 6.45) is 1.32. The molecule has 0 unspecified atom stereocenters. The minimum atomic E-state index is 0.158.